The van der Waals surface area contributed by atoms with Crippen LogP contribution in [0.2, 0.25) is 0 Å². The van der Waals surface area contributed by atoms with Crippen molar-refractivity contribution < 1.29 is 19.4 Å². The molecular weight excluding hydrogens is 402 g/mol. The zero-order chi connectivity index (χ0) is 21.0. The van der Waals surface area contributed by atoms with Crippen LogP contribution >= 0.6 is 12.4 Å². The molecule has 0 heterocycles. The van der Waals surface area contributed by atoms with Crippen molar-refractivity contribution in [2.45, 2.75) is 37.9 Å². The topological polar surface area (TPSA) is 59.0 Å². The van der Waals surface area contributed by atoms with Crippen LogP contribution in [-0.2, 0) is 10.3 Å². The molecule has 0 bridgehead atoms. The summed E-state index contributed by atoms with van der Waals surface area (Å²) < 4.78 is 11.2. The fourth-order valence-corrected chi connectivity index (χ4v) is 4.17. The Kier molecular flexibility index (Phi) is 8.30. The Morgan fingerprint density at radius 1 is 1.20 bits per heavy atom. The molecule has 3 rings (SSSR count). The van der Waals surface area contributed by atoms with Gasteiger partial charge in [0.1, 0.15) is 11.9 Å². The van der Waals surface area contributed by atoms with Crippen molar-refractivity contribution in [1.82, 2.24) is 4.90 Å². The van der Waals surface area contributed by atoms with Crippen LogP contribution in [0.5, 0.6) is 5.75 Å². The first-order valence-corrected chi connectivity index (χ1v) is 10.1. The van der Waals surface area contributed by atoms with E-state index in [-0.39, 0.29) is 30.4 Å². The molecule has 164 valence electrons. The number of halogens is 1. The number of methoxy groups -OCH3 is 1. The van der Waals surface area contributed by atoms with Gasteiger partial charge in [-0.05, 0) is 70.1 Å². The average Bonchev–Trinajstić information content (AvgIpc) is 2.70. The van der Waals surface area contributed by atoms with E-state index in [9.17, 15) is 9.90 Å². The number of hydrogen-bond acceptors (Lipinski definition) is 5. The minimum absolute atomic E-state index is 0. The summed E-state index contributed by atoms with van der Waals surface area (Å²) in [5.74, 6) is 0.368. The molecule has 3 atom stereocenters. The smallest absolute Gasteiger partial charge is 0.338 e. The molecule has 6 heteroatoms. The molecule has 1 fully saturated rings. The van der Waals surface area contributed by atoms with E-state index in [2.05, 4.69) is 4.90 Å². The normalized spacial score (nSPS) is 23.5. The van der Waals surface area contributed by atoms with Crippen LogP contribution in [0.25, 0.3) is 0 Å². The van der Waals surface area contributed by atoms with Crippen molar-refractivity contribution >= 4 is 18.4 Å². The van der Waals surface area contributed by atoms with Crippen molar-refractivity contribution in [3.63, 3.8) is 0 Å². The van der Waals surface area contributed by atoms with E-state index in [1.54, 1.807) is 19.2 Å². The number of ether oxygens (including phenoxy) is 2. The maximum Gasteiger partial charge on any atom is 0.338 e. The van der Waals surface area contributed by atoms with Gasteiger partial charge in [-0.1, -0.05) is 29.8 Å². The van der Waals surface area contributed by atoms with Crippen molar-refractivity contribution in [1.29, 1.82) is 0 Å². The number of nitrogens with zero attached hydrogens (tertiary/aromatic N) is 1. The molecule has 2 aromatic rings. The average molecular weight is 434 g/mol. The van der Waals surface area contributed by atoms with Gasteiger partial charge in [0.2, 0.25) is 0 Å². The molecule has 0 radical (unpaired) electrons. The number of esters is 1. The van der Waals surface area contributed by atoms with E-state index in [0.717, 1.165) is 16.9 Å². The molecule has 2 aromatic carbocycles. The molecule has 0 spiro atoms. The molecule has 0 amide bonds. The Morgan fingerprint density at radius 2 is 1.90 bits per heavy atom. The summed E-state index contributed by atoms with van der Waals surface area (Å²) >= 11 is 0. The number of hydrogen-bond donors (Lipinski definition) is 1. The zero-order valence-corrected chi connectivity index (χ0v) is 18.9. The third-order valence-electron chi connectivity index (χ3n) is 5.79. The Labute approximate surface area is 185 Å². The summed E-state index contributed by atoms with van der Waals surface area (Å²) in [6.45, 7) is 2.69. The maximum absolute atomic E-state index is 12.6. The highest BCUT2D eigenvalue weighted by Gasteiger charge is 2.44. The van der Waals surface area contributed by atoms with Gasteiger partial charge in [-0.25, -0.2) is 4.79 Å². The van der Waals surface area contributed by atoms with Crippen LogP contribution in [-0.4, -0.2) is 49.8 Å². The third-order valence-corrected chi connectivity index (χ3v) is 5.79. The largest absolute Gasteiger partial charge is 0.497 e. The van der Waals surface area contributed by atoms with Crippen LogP contribution in [0.3, 0.4) is 0 Å². The van der Waals surface area contributed by atoms with Crippen molar-refractivity contribution in [2.75, 3.05) is 27.7 Å². The second kappa shape index (κ2) is 10.3. The van der Waals surface area contributed by atoms with Gasteiger partial charge in [-0.3, -0.25) is 0 Å². The summed E-state index contributed by atoms with van der Waals surface area (Å²) in [5.41, 5.74) is 1.54. The maximum atomic E-state index is 12.6. The minimum atomic E-state index is -0.981. The van der Waals surface area contributed by atoms with Gasteiger partial charge in [0.15, 0.2) is 0 Å². The van der Waals surface area contributed by atoms with E-state index in [0.29, 0.717) is 31.4 Å². The third kappa shape index (κ3) is 5.54. The molecule has 5 nitrogen and oxygen atoms in total. The summed E-state index contributed by atoms with van der Waals surface area (Å²) in [6, 6.07) is 15.0. The van der Waals surface area contributed by atoms with Crippen LogP contribution in [0, 0.1) is 12.8 Å². The lowest BCUT2D eigenvalue weighted by molar-refractivity contribution is -0.0960. The van der Waals surface area contributed by atoms with Gasteiger partial charge in [0, 0.05) is 12.5 Å². The minimum Gasteiger partial charge on any atom is -0.497 e. The van der Waals surface area contributed by atoms with Gasteiger partial charge in [0.05, 0.1) is 18.3 Å². The predicted octanol–water partition coefficient (Wildman–Crippen LogP) is 4.20. The standard InChI is InChI=1S/C24H31NO4.ClH/c1-17-8-10-18(11-9-17)23(26)29-22-12-13-24(27,20(15-22)16-25(2)3)19-6-5-7-21(14-19)28-4;/h5-11,14,20,22,27H,12-13,15-16H2,1-4H3;1H. The lowest BCUT2D eigenvalue weighted by Crippen LogP contribution is -2.47. The van der Waals surface area contributed by atoms with Gasteiger partial charge >= 0.3 is 5.97 Å². The highest BCUT2D eigenvalue weighted by Crippen LogP contribution is 2.43. The van der Waals surface area contributed by atoms with Gasteiger partial charge in [-0.2, -0.15) is 0 Å². The quantitative estimate of drug-likeness (QED) is 0.692. The number of rotatable bonds is 6. The summed E-state index contributed by atoms with van der Waals surface area (Å²) in [5, 5.41) is 11.6. The van der Waals surface area contributed by atoms with Crippen molar-refractivity contribution in [3.05, 3.63) is 65.2 Å². The zero-order valence-electron chi connectivity index (χ0n) is 18.1. The molecule has 1 saturated carbocycles. The number of aliphatic hydroxyl groups is 1. The van der Waals surface area contributed by atoms with Gasteiger partial charge in [0.25, 0.3) is 0 Å². The lowest BCUT2D eigenvalue weighted by atomic mass is 9.70. The predicted molar refractivity (Wildman–Crippen MR) is 120 cm³/mol. The number of carbonyl (C=O) groups is 1. The van der Waals surface area contributed by atoms with Crippen molar-refractivity contribution in [2.24, 2.45) is 5.92 Å². The molecule has 1 aliphatic rings. The molecular formula is C24H32ClNO4. The first kappa shape index (κ1) is 24.2. The second-order valence-corrected chi connectivity index (χ2v) is 8.28. The highest BCUT2D eigenvalue weighted by molar-refractivity contribution is 5.89. The second-order valence-electron chi connectivity index (χ2n) is 8.28. The van der Waals surface area contributed by atoms with Crippen LogP contribution in [0.15, 0.2) is 48.5 Å². The van der Waals surface area contributed by atoms with Gasteiger partial charge in [-0.15, -0.1) is 12.4 Å². The Morgan fingerprint density at radius 3 is 2.53 bits per heavy atom. The molecule has 0 aromatic heterocycles. The molecule has 1 aliphatic carbocycles. The van der Waals surface area contributed by atoms with Gasteiger partial charge < -0.3 is 19.5 Å². The van der Waals surface area contributed by atoms with E-state index in [4.69, 9.17) is 9.47 Å². The number of carbonyl (C=O) groups excluding carboxylic acids is 1. The molecule has 0 aliphatic heterocycles. The summed E-state index contributed by atoms with van der Waals surface area (Å²) in [4.78, 5) is 14.6. The van der Waals surface area contributed by atoms with E-state index < -0.39 is 5.60 Å². The first-order valence-electron chi connectivity index (χ1n) is 10.1. The molecule has 30 heavy (non-hydrogen) atoms. The summed E-state index contributed by atoms with van der Waals surface area (Å²) in [7, 11) is 5.61. The van der Waals surface area contributed by atoms with E-state index >= 15 is 0 Å². The number of benzene rings is 2. The molecule has 0 saturated heterocycles. The van der Waals surface area contributed by atoms with E-state index in [1.807, 2.05) is 57.4 Å². The molecule has 3 unspecified atom stereocenters. The van der Waals surface area contributed by atoms with Crippen LogP contribution in [0.4, 0.5) is 0 Å². The van der Waals surface area contributed by atoms with Crippen LogP contribution in [0.1, 0.15) is 40.7 Å². The fourth-order valence-electron chi connectivity index (χ4n) is 4.17. The molecule has 1 N–H and O–H groups in total. The fraction of sp³-hybridized carbons (Fsp3) is 0.458. The van der Waals surface area contributed by atoms with E-state index in [1.165, 1.54) is 0 Å². The SMILES string of the molecule is COc1cccc(C2(O)CCC(OC(=O)c3ccc(C)cc3)CC2CN(C)C)c1.Cl. The highest BCUT2D eigenvalue weighted by atomic mass is 35.5. The Balaban J connectivity index is 0.00000320. The van der Waals surface area contributed by atoms with Crippen LogP contribution < -0.4 is 4.74 Å². The monoisotopic (exact) mass is 433 g/mol. The summed E-state index contributed by atoms with van der Waals surface area (Å²) in [6.07, 6.45) is 1.56. The van der Waals surface area contributed by atoms with Crippen molar-refractivity contribution in [3.8, 4) is 5.75 Å². The lowest BCUT2D eigenvalue weighted by Gasteiger charge is -2.44. The number of aryl methyl sites for hydroxylation is 1. The Bertz CT molecular complexity index is 839. The first-order chi connectivity index (χ1) is 13.8. The Hall–Kier alpha value is -2.08.